The third-order valence-corrected chi connectivity index (χ3v) is 3.55. The summed E-state index contributed by atoms with van der Waals surface area (Å²) in [5, 5.41) is 13.0. The number of benzene rings is 2. The van der Waals surface area contributed by atoms with Gasteiger partial charge in [0, 0.05) is 11.3 Å². The lowest BCUT2D eigenvalue weighted by molar-refractivity contribution is 0.102. The van der Waals surface area contributed by atoms with Gasteiger partial charge in [-0.3, -0.25) is 4.79 Å². The third-order valence-electron chi connectivity index (χ3n) is 2.81. The van der Waals surface area contributed by atoms with Crippen molar-refractivity contribution >= 4 is 34.8 Å². The molecule has 104 valence electrons. The van der Waals surface area contributed by atoms with Gasteiger partial charge in [-0.2, -0.15) is 0 Å². The molecule has 0 spiro atoms. The number of nitrogens with one attached hydrogen (secondary N) is 1. The van der Waals surface area contributed by atoms with E-state index in [9.17, 15) is 9.90 Å². The average molecular weight is 310 g/mol. The summed E-state index contributed by atoms with van der Waals surface area (Å²) in [4.78, 5) is 12.1. The molecule has 0 saturated heterocycles. The first-order valence-corrected chi connectivity index (χ1v) is 6.77. The Morgan fingerprint density at radius 1 is 1.15 bits per heavy atom. The van der Waals surface area contributed by atoms with E-state index in [0.717, 1.165) is 5.56 Å². The summed E-state index contributed by atoms with van der Waals surface area (Å²) in [6, 6.07) is 11.7. The molecular formula is C15H13Cl2NO2. The second kappa shape index (κ2) is 6.27. The number of aliphatic hydroxyl groups excluding tert-OH is 1. The number of carbonyl (C=O) groups is 1. The summed E-state index contributed by atoms with van der Waals surface area (Å²) in [7, 11) is 0. The molecule has 0 aliphatic carbocycles. The molecule has 0 aromatic heterocycles. The summed E-state index contributed by atoms with van der Waals surface area (Å²) >= 11 is 11.7. The van der Waals surface area contributed by atoms with E-state index in [1.54, 1.807) is 43.3 Å². The van der Waals surface area contributed by atoms with E-state index in [2.05, 4.69) is 5.32 Å². The van der Waals surface area contributed by atoms with Crippen LogP contribution < -0.4 is 5.32 Å². The molecule has 2 aromatic carbocycles. The van der Waals surface area contributed by atoms with Crippen molar-refractivity contribution in [1.29, 1.82) is 0 Å². The molecule has 1 amide bonds. The summed E-state index contributed by atoms with van der Waals surface area (Å²) in [6.07, 6.45) is -0.586. The Morgan fingerprint density at radius 2 is 1.90 bits per heavy atom. The highest BCUT2D eigenvalue weighted by atomic mass is 35.5. The van der Waals surface area contributed by atoms with Gasteiger partial charge in [-0.25, -0.2) is 0 Å². The summed E-state index contributed by atoms with van der Waals surface area (Å²) < 4.78 is 0. The van der Waals surface area contributed by atoms with E-state index in [1.165, 1.54) is 6.07 Å². The molecule has 0 heterocycles. The molecule has 0 radical (unpaired) electrons. The van der Waals surface area contributed by atoms with Gasteiger partial charge in [-0.1, -0.05) is 35.3 Å². The molecule has 1 atom stereocenters. The summed E-state index contributed by atoms with van der Waals surface area (Å²) in [6.45, 7) is 1.67. The van der Waals surface area contributed by atoms with Crippen LogP contribution in [0.25, 0.3) is 0 Å². The highest BCUT2D eigenvalue weighted by Gasteiger charge is 2.09. The summed E-state index contributed by atoms with van der Waals surface area (Å²) in [5.41, 5.74) is 1.76. The van der Waals surface area contributed by atoms with E-state index in [4.69, 9.17) is 23.2 Å². The Bertz CT molecular complexity index is 642. The van der Waals surface area contributed by atoms with Gasteiger partial charge in [0.25, 0.3) is 5.91 Å². The molecule has 0 fully saturated rings. The minimum absolute atomic E-state index is 0.286. The van der Waals surface area contributed by atoms with Gasteiger partial charge in [0.1, 0.15) is 0 Å². The van der Waals surface area contributed by atoms with Gasteiger partial charge in [0.05, 0.1) is 16.1 Å². The van der Waals surface area contributed by atoms with Crippen molar-refractivity contribution in [2.45, 2.75) is 13.0 Å². The van der Waals surface area contributed by atoms with Gasteiger partial charge < -0.3 is 10.4 Å². The number of carbonyl (C=O) groups excluding carboxylic acids is 1. The van der Waals surface area contributed by atoms with Gasteiger partial charge >= 0.3 is 0 Å². The smallest absolute Gasteiger partial charge is 0.255 e. The molecule has 2 rings (SSSR count). The maximum Gasteiger partial charge on any atom is 0.255 e. The minimum atomic E-state index is -0.586. The third kappa shape index (κ3) is 3.51. The molecule has 2 N–H and O–H groups in total. The van der Waals surface area contributed by atoms with Crippen LogP contribution in [0.4, 0.5) is 5.69 Å². The first kappa shape index (κ1) is 14.9. The molecule has 3 nitrogen and oxygen atoms in total. The number of hydrogen-bond donors (Lipinski definition) is 2. The second-order valence-corrected chi connectivity index (χ2v) is 5.20. The summed E-state index contributed by atoms with van der Waals surface area (Å²) in [5.74, 6) is -0.286. The van der Waals surface area contributed by atoms with Crippen molar-refractivity contribution in [2.24, 2.45) is 0 Å². The van der Waals surface area contributed by atoms with Crippen LogP contribution in [-0.2, 0) is 0 Å². The van der Waals surface area contributed by atoms with Crippen molar-refractivity contribution in [3.8, 4) is 0 Å². The Kier molecular flexibility index (Phi) is 4.65. The van der Waals surface area contributed by atoms with Crippen LogP contribution in [0.2, 0.25) is 10.0 Å². The molecule has 20 heavy (non-hydrogen) atoms. The lowest BCUT2D eigenvalue weighted by atomic mass is 10.1. The first-order chi connectivity index (χ1) is 9.47. The Labute approximate surface area is 127 Å². The van der Waals surface area contributed by atoms with Crippen LogP contribution in [-0.4, -0.2) is 11.0 Å². The number of amides is 1. The predicted molar refractivity (Wildman–Crippen MR) is 81.5 cm³/mol. The van der Waals surface area contributed by atoms with Crippen LogP contribution in [0.15, 0.2) is 42.5 Å². The van der Waals surface area contributed by atoms with Crippen molar-refractivity contribution in [1.82, 2.24) is 0 Å². The standard InChI is InChI=1S/C15H13Cl2NO2/c1-9(19)10-3-2-4-12(7-10)18-15(20)11-5-6-13(16)14(17)8-11/h2-9,19H,1H3,(H,18,20). The number of anilines is 1. The molecule has 0 saturated carbocycles. The maximum atomic E-state index is 12.1. The Balaban J connectivity index is 2.19. The quantitative estimate of drug-likeness (QED) is 0.888. The molecule has 5 heteroatoms. The highest BCUT2D eigenvalue weighted by molar-refractivity contribution is 6.42. The first-order valence-electron chi connectivity index (χ1n) is 6.02. The predicted octanol–water partition coefficient (Wildman–Crippen LogP) is 4.30. The van der Waals surface area contributed by atoms with Crippen LogP contribution >= 0.6 is 23.2 Å². The van der Waals surface area contributed by atoms with Crippen LogP contribution in [0.3, 0.4) is 0 Å². The number of aliphatic hydroxyl groups is 1. The fraction of sp³-hybridized carbons (Fsp3) is 0.133. The lowest BCUT2D eigenvalue weighted by Gasteiger charge is -2.09. The number of hydrogen-bond acceptors (Lipinski definition) is 2. The maximum absolute atomic E-state index is 12.1. The van der Waals surface area contributed by atoms with Gasteiger partial charge in [0.15, 0.2) is 0 Å². The Hall–Kier alpha value is -1.55. The van der Waals surface area contributed by atoms with E-state index in [-0.39, 0.29) is 5.91 Å². The fourth-order valence-corrected chi connectivity index (χ4v) is 2.02. The molecule has 2 aromatic rings. The van der Waals surface area contributed by atoms with E-state index in [0.29, 0.717) is 21.3 Å². The van der Waals surface area contributed by atoms with Gasteiger partial charge in [-0.15, -0.1) is 0 Å². The SMILES string of the molecule is CC(O)c1cccc(NC(=O)c2ccc(Cl)c(Cl)c2)c1. The topological polar surface area (TPSA) is 49.3 Å². The largest absolute Gasteiger partial charge is 0.389 e. The molecule has 0 aliphatic heterocycles. The van der Waals surface area contributed by atoms with Crippen molar-refractivity contribution < 1.29 is 9.90 Å². The molecule has 0 bridgehead atoms. The zero-order valence-corrected chi connectivity index (χ0v) is 12.2. The number of halogens is 2. The molecular weight excluding hydrogens is 297 g/mol. The average Bonchev–Trinajstić information content (AvgIpc) is 2.42. The number of rotatable bonds is 3. The zero-order chi connectivity index (χ0) is 14.7. The van der Waals surface area contributed by atoms with E-state index in [1.807, 2.05) is 0 Å². The highest BCUT2D eigenvalue weighted by Crippen LogP contribution is 2.23. The van der Waals surface area contributed by atoms with E-state index >= 15 is 0 Å². The monoisotopic (exact) mass is 309 g/mol. The normalized spacial score (nSPS) is 12.0. The van der Waals surface area contributed by atoms with Gasteiger partial charge in [0.2, 0.25) is 0 Å². The lowest BCUT2D eigenvalue weighted by Crippen LogP contribution is -2.12. The minimum Gasteiger partial charge on any atom is -0.389 e. The van der Waals surface area contributed by atoms with Gasteiger partial charge in [-0.05, 0) is 42.8 Å². The van der Waals surface area contributed by atoms with Crippen LogP contribution in [0, 0.1) is 0 Å². The fourth-order valence-electron chi connectivity index (χ4n) is 1.72. The second-order valence-electron chi connectivity index (χ2n) is 4.38. The van der Waals surface area contributed by atoms with Crippen molar-refractivity contribution in [2.75, 3.05) is 5.32 Å². The zero-order valence-electron chi connectivity index (χ0n) is 10.7. The molecule has 1 unspecified atom stereocenters. The van der Waals surface area contributed by atoms with Crippen LogP contribution in [0.1, 0.15) is 28.9 Å². The van der Waals surface area contributed by atoms with Crippen molar-refractivity contribution in [3.05, 3.63) is 63.6 Å². The van der Waals surface area contributed by atoms with Crippen molar-refractivity contribution in [3.63, 3.8) is 0 Å². The Morgan fingerprint density at radius 3 is 2.55 bits per heavy atom. The van der Waals surface area contributed by atoms with E-state index < -0.39 is 6.10 Å². The molecule has 0 aliphatic rings. The van der Waals surface area contributed by atoms with Crippen LogP contribution in [0.5, 0.6) is 0 Å².